The Bertz CT molecular complexity index is 1490. The van der Waals surface area contributed by atoms with Gasteiger partial charge in [0.1, 0.15) is 11.6 Å². The van der Waals surface area contributed by atoms with Gasteiger partial charge in [-0.15, -0.1) is 0 Å². The number of halogens is 3. The SMILES string of the molecule is Cc1ccc(NC(=O)C2CN(c3nc(Cl)nc(NCCCc4ccc(F)cc4)n3)c3ccccc3O2)cc1Cl. The van der Waals surface area contributed by atoms with Gasteiger partial charge in [0, 0.05) is 17.3 Å². The molecule has 0 spiro atoms. The van der Waals surface area contributed by atoms with Gasteiger partial charge in [0.25, 0.3) is 5.91 Å². The van der Waals surface area contributed by atoms with E-state index in [9.17, 15) is 9.18 Å². The minimum Gasteiger partial charge on any atom is -0.476 e. The van der Waals surface area contributed by atoms with Crippen LogP contribution in [0.3, 0.4) is 0 Å². The van der Waals surface area contributed by atoms with Crippen molar-refractivity contribution < 1.29 is 13.9 Å². The molecule has 0 aliphatic carbocycles. The Labute approximate surface area is 235 Å². The highest BCUT2D eigenvalue weighted by Gasteiger charge is 2.33. The van der Waals surface area contributed by atoms with Crippen molar-refractivity contribution in [3.8, 4) is 5.75 Å². The first kappa shape index (κ1) is 26.6. The van der Waals surface area contributed by atoms with Crippen molar-refractivity contribution >= 4 is 52.4 Å². The first-order valence-electron chi connectivity index (χ1n) is 12.4. The molecule has 3 aromatic carbocycles. The van der Waals surface area contributed by atoms with Crippen molar-refractivity contribution in [2.24, 2.45) is 0 Å². The summed E-state index contributed by atoms with van der Waals surface area (Å²) in [6.07, 6.45) is 0.678. The fourth-order valence-corrected chi connectivity index (χ4v) is 4.47. The average molecular weight is 567 g/mol. The number of aromatic nitrogens is 3. The molecule has 200 valence electrons. The molecule has 0 saturated carbocycles. The molecule has 0 saturated heterocycles. The molecule has 5 rings (SSSR count). The van der Waals surface area contributed by atoms with Crippen molar-refractivity contribution in [2.45, 2.75) is 25.9 Å². The van der Waals surface area contributed by atoms with E-state index in [-0.39, 0.29) is 29.5 Å². The second-order valence-corrected chi connectivity index (χ2v) is 9.77. The van der Waals surface area contributed by atoms with E-state index in [0.29, 0.717) is 34.6 Å². The molecule has 1 aliphatic rings. The molecule has 1 amide bonds. The highest BCUT2D eigenvalue weighted by Crippen LogP contribution is 2.37. The van der Waals surface area contributed by atoms with Crippen molar-refractivity contribution in [2.75, 3.05) is 28.6 Å². The van der Waals surface area contributed by atoms with Crippen LogP contribution in [0.4, 0.5) is 27.7 Å². The molecule has 0 fully saturated rings. The summed E-state index contributed by atoms with van der Waals surface area (Å²) >= 11 is 12.5. The standard InChI is InChI=1S/C28H25Cl2FN6O2/c1-17-8-13-20(15-21(17)29)33-25(38)24-16-37(22-6-2-3-7-23(22)39-24)28-35-26(30)34-27(36-28)32-14-4-5-18-9-11-19(31)12-10-18/h2-3,6-13,15,24H,4-5,14,16H2,1H3,(H,33,38)(H,32,34,35,36). The molecule has 2 N–H and O–H groups in total. The van der Waals surface area contributed by atoms with Crippen LogP contribution >= 0.6 is 23.2 Å². The average Bonchev–Trinajstić information content (AvgIpc) is 2.93. The first-order chi connectivity index (χ1) is 18.9. The number of fused-ring (bicyclic) bond motifs is 1. The summed E-state index contributed by atoms with van der Waals surface area (Å²) in [4.78, 5) is 28.0. The Morgan fingerprint density at radius 3 is 2.67 bits per heavy atom. The zero-order chi connectivity index (χ0) is 27.4. The molecular weight excluding hydrogens is 542 g/mol. The summed E-state index contributed by atoms with van der Waals surface area (Å²) in [6.45, 7) is 2.61. The van der Waals surface area contributed by atoms with Crippen LogP contribution in [0.2, 0.25) is 10.3 Å². The maximum absolute atomic E-state index is 13.2. The topological polar surface area (TPSA) is 92.3 Å². The second kappa shape index (κ2) is 11.8. The number of carbonyl (C=O) groups excluding carboxylic acids is 1. The van der Waals surface area contributed by atoms with E-state index < -0.39 is 6.10 Å². The third-order valence-electron chi connectivity index (χ3n) is 6.18. The fraction of sp³-hybridized carbons (Fsp3) is 0.214. The Kier molecular flexibility index (Phi) is 8.09. The summed E-state index contributed by atoms with van der Waals surface area (Å²) in [5.41, 5.74) is 3.22. The van der Waals surface area contributed by atoms with Crippen LogP contribution in [-0.2, 0) is 11.2 Å². The van der Waals surface area contributed by atoms with E-state index in [1.54, 1.807) is 35.2 Å². The maximum atomic E-state index is 13.2. The summed E-state index contributed by atoms with van der Waals surface area (Å²) in [5, 5.41) is 6.62. The quantitative estimate of drug-likeness (QED) is 0.245. The van der Waals surface area contributed by atoms with E-state index >= 15 is 0 Å². The lowest BCUT2D eigenvalue weighted by Crippen LogP contribution is -2.45. The van der Waals surface area contributed by atoms with E-state index in [2.05, 4.69) is 25.6 Å². The van der Waals surface area contributed by atoms with Crippen molar-refractivity contribution in [3.63, 3.8) is 0 Å². The number of anilines is 4. The van der Waals surface area contributed by atoms with Gasteiger partial charge in [-0.2, -0.15) is 15.0 Å². The number of hydrogen-bond acceptors (Lipinski definition) is 7. The molecule has 0 bridgehead atoms. The molecule has 0 radical (unpaired) electrons. The van der Waals surface area contributed by atoms with Gasteiger partial charge in [0.05, 0.1) is 12.2 Å². The molecule has 1 unspecified atom stereocenters. The van der Waals surface area contributed by atoms with Gasteiger partial charge in [0.15, 0.2) is 6.10 Å². The summed E-state index contributed by atoms with van der Waals surface area (Å²) in [6, 6.07) is 19.1. The van der Waals surface area contributed by atoms with Crippen molar-refractivity contribution in [1.29, 1.82) is 0 Å². The monoisotopic (exact) mass is 566 g/mol. The lowest BCUT2D eigenvalue weighted by atomic mass is 10.1. The molecule has 1 aromatic heterocycles. The van der Waals surface area contributed by atoms with Gasteiger partial charge in [-0.05, 0) is 78.9 Å². The largest absolute Gasteiger partial charge is 0.476 e. The maximum Gasteiger partial charge on any atom is 0.267 e. The number of carbonyl (C=O) groups is 1. The molecule has 1 aliphatic heterocycles. The number of nitrogens with zero attached hydrogens (tertiary/aromatic N) is 4. The van der Waals surface area contributed by atoms with E-state index in [1.165, 1.54) is 12.1 Å². The van der Waals surface area contributed by atoms with Crippen LogP contribution in [0, 0.1) is 12.7 Å². The normalized spacial score (nSPS) is 14.4. The molecule has 8 nitrogen and oxygen atoms in total. The zero-order valence-corrected chi connectivity index (χ0v) is 22.5. The summed E-state index contributed by atoms with van der Waals surface area (Å²) in [7, 11) is 0. The van der Waals surface area contributed by atoms with Crippen molar-refractivity contribution in [1.82, 2.24) is 15.0 Å². The zero-order valence-electron chi connectivity index (χ0n) is 21.0. The second-order valence-electron chi connectivity index (χ2n) is 9.02. The number of amides is 1. The number of rotatable bonds is 8. The predicted octanol–water partition coefficient (Wildman–Crippen LogP) is 6.21. The molecule has 11 heteroatoms. The van der Waals surface area contributed by atoms with Gasteiger partial charge in [-0.3, -0.25) is 4.79 Å². The molecule has 39 heavy (non-hydrogen) atoms. The van der Waals surface area contributed by atoms with E-state index in [4.69, 9.17) is 27.9 Å². The van der Waals surface area contributed by atoms with Crippen LogP contribution < -0.4 is 20.3 Å². The smallest absolute Gasteiger partial charge is 0.267 e. The minimum atomic E-state index is -0.859. The van der Waals surface area contributed by atoms with Gasteiger partial charge >= 0.3 is 0 Å². The predicted molar refractivity (Wildman–Crippen MR) is 151 cm³/mol. The molecule has 2 heterocycles. The molecule has 4 aromatic rings. The summed E-state index contributed by atoms with van der Waals surface area (Å²) in [5.74, 6) is 0.504. The van der Waals surface area contributed by atoms with Crippen LogP contribution in [-0.4, -0.2) is 40.1 Å². The third-order valence-corrected chi connectivity index (χ3v) is 6.76. The third kappa shape index (κ3) is 6.55. The number of ether oxygens (including phenoxy) is 1. The fourth-order valence-electron chi connectivity index (χ4n) is 4.14. The number of para-hydroxylation sites is 2. The number of hydrogen-bond donors (Lipinski definition) is 2. The van der Waals surface area contributed by atoms with Gasteiger partial charge < -0.3 is 20.3 Å². The van der Waals surface area contributed by atoms with E-state index in [0.717, 1.165) is 24.0 Å². The molecule has 1 atom stereocenters. The minimum absolute atomic E-state index is 0.0142. The Morgan fingerprint density at radius 2 is 1.87 bits per heavy atom. The number of benzene rings is 3. The van der Waals surface area contributed by atoms with Crippen LogP contribution in [0.15, 0.2) is 66.7 Å². The Balaban J connectivity index is 1.31. The summed E-state index contributed by atoms with van der Waals surface area (Å²) < 4.78 is 19.2. The Hall–Kier alpha value is -3.95. The lowest BCUT2D eigenvalue weighted by molar-refractivity contribution is -0.122. The molecular formula is C28H25Cl2FN6O2. The number of aryl methyl sites for hydroxylation is 2. The highest BCUT2D eigenvalue weighted by atomic mass is 35.5. The van der Waals surface area contributed by atoms with Crippen molar-refractivity contribution in [3.05, 3.63) is 94.0 Å². The van der Waals surface area contributed by atoms with Crippen LogP contribution in [0.25, 0.3) is 0 Å². The highest BCUT2D eigenvalue weighted by molar-refractivity contribution is 6.31. The Morgan fingerprint density at radius 1 is 1.08 bits per heavy atom. The van der Waals surface area contributed by atoms with E-state index in [1.807, 2.05) is 31.2 Å². The van der Waals surface area contributed by atoms with Gasteiger partial charge in [0.2, 0.25) is 17.2 Å². The van der Waals surface area contributed by atoms with Crippen LogP contribution in [0.1, 0.15) is 17.5 Å². The van der Waals surface area contributed by atoms with Gasteiger partial charge in [-0.25, -0.2) is 4.39 Å². The first-order valence-corrected chi connectivity index (χ1v) is 13.1. The van der Waals surface area contributed by atoms with Crippen LogP contribution in [0.5, 0.6) is 5.75 Å². The number of nitrogens with one attached hydrogen (secondary N) is 2. The lowest BCUT2D eigenvalue weighted by Gasteiger charge is -2.34. The van der Waals surface area contributed by atoms with Gasteiger partial charge in [-0.1, -0.05) is 41.9 Å².